The summed E-state index contributed by atoms with van der Waals surface area (Å²) >= 11 is 0. The fourth-order valence-electron chi connectivity index (χ4n) is 2.48. The highest BCUT2D eigenvalue weighted by molar-refractivity contribution is 5.79. The van der Waals surface area contributed by atoms with Crippen molar-refractivity contribution in [2.45, 2.75) is 96.5 Å². The molecule has 0 bridgehead atoms. The second kappa shape index (κ2) is 15.6. The molecule has 1 unspecified atom stereocenters. The third-order valence-electron chi connectivity index (χ3n) is 3.75. The van der Waals surface area contributed by atoms with Gasteiger partial charge >= 0.3 is 5.97 Å². The van der Waals surface area contributed by atoms with Crippen molar-refractivity contribution in [3.63, 3.8) is 0 Å². The lowest BCUT2D eigenvalue weighted by Gasteiger charge is -2.04. The highest BCUT2D eigenvalue weighted by Crippen LogP contribution is 2.13. The molecule has 3 heteroatoms. The minimum absolute atomic E-state index is 0.135. The van der Waals surface area contributed by atoms with E-state index in [0.29, 0.717) is 0 Å². The molecule has 0 aromatic carbocycles. The zero-order valence-corrected chi connectivity index (χ0v) is 13.7. The first-order valence-corrected chi connectivity index (χ1v) is 8.70. The monoisotopic (exact) mass is 298 g/mol. The SMILES string of the molecule is CC(O)CCCCCCCCCCCCCC=CC(=O)O. The molecule has 3 nitrogen and oxygen atoms in total. The molecule has 0 radical (unpaired) electrons. The van der Waals surface area contributed by atoms with E-state index in [1.54, 1.807) is 6.08 Å². The van der Waals surface area contributed by atoms with Gasteiger partial charge in [-0.2, -0.15) is 0 Å². The zero-order valence-electron chi connectivity index (χ0n) is 13.7. The van der Waals surface area contributed by atoms with Crippen molar-refractivity contribution in [1.29, 1.82) is 0 Å². The van der Waals surface area contributed by atoms with Crippen LogP contribution in [0.15, 0.2) is 12.2 Å². The molecule has 1 atom stereocenters. The van der Waals surface area contributed by atoms with Crippen molar-refractivity contribution in [3.05, 3.63) is 12.2 Å². The molecular weight excluding hydrogens is 264 g/mol. The summed E-state index contributed by atoms with van der Waals surface area (Å²) in [4.78, 5) is 10.2. The first kappa shape index (κ1) is 20.2. The molecule has 2 N–H and O–H groups in total. The Kier molecular flexibility index (Phi) is 14.9. The standard InChI is InChI=1S/C18H34O3/c1-17(19)15-13-11-9-7-5-3-2-4-6-8-10-12-14-16-18(20)21/h14,16-17,19H,2-13,15H2,1H3,(H,20,21). The summed E-state index contributed by atoms with van der Waals surface area (Å²) in [7, 11) is 0. The lowest BCUT2D eigenvalue weighted by atomic mass is 10.0. The molecule has 0 aromatic heterocycles. The van der Waals surface area contributed by atoms with Crippen LogP contribution in [0.1, 0.15) is 90.4 Å². The summed E-state index contributed by atoms with van der Waals surface area (Å²) in [6.45, 7) is 1.86. The number of unbranched alkanes of at least 4 members (excludes halogenated alkanes) is 11. The van der Waals surface area contributed by atoms with Crippen LogP contribution in [0.25, 0.3) is 0 Å². The lowest BCUT2D eigenvalue weighted by molar-refractivity contribution is -0.131. The molecule has 0 saturated heterocycles. The third kappa shape index (κ3) is 19.2. The predicted molar refractivity (Wildman–Crippen MR) is 88.5 cm³/mol. The number of aliphatic hydroxyl groups excluding tert-OH is 1. The Labute approximate surface area is 130 Å². The zero-order chi connectivity index (χ0) is 15.8. The van der Waals surface area contributed by atoms with Crippen LogP contribution in [0.2, 0.25) is 0 Å². The van der Waals surface area contributed by atoms with Gasteiger partial charge < -0.3 is 10.2 Å². The topological polar surface area (TPSA) is 57.5 Å². The first-order chi connectivity index (χ1) is 10.1. The van der Waals surface area contributed by atoms with Gasteiger partial charge in [-0.1, -0.05) is 70.3 Å². The van der Waals surface area contributed by atoms with Crippen molar-refractivity contribution in [3.8, 4) is 0 Å². The van der Waals surface area contributed by atoms with E-state index in [4.69, 9.17) is 10.2 Å². The molecule has 0 aromatic rings. The molecule has 21 heavy (non-hydrogen) atoms. The number of rotatable bonds is 15. The third-order valence-corrected chi connectivity index (χ3v) is 3.75. The fourth-order valence-corrected chi connectivity index (χ4v) is 2.48. The smallest absolute Gasteiger partial charge is 0.327 e. The Morgan fingerprint density at radius 1 is 0.857 bits per heavy atom. The number of carbonyl (C=O) groups is 1. The number of carboxylic acid groups (broad SMARTS) is 1. The summed E-state index contributed by atoms with van der Waals surface area (Å²) in [5, 5.41) is 17.6. The van der Waals surface area contributed by atoms with E-state index >= 15 is 0 Å². The number of aliphatic carboxylic acids is 1. The van der Waals surface area contributed by atoms with Gasteiger partial charge in [-0.25, -0.2) is 4.79 Å². The van der Waals surface area contributed by atoms with Crippen LogP contribution < -0.4 is 0 Å². The van der Waals surface area contributed by atoms with Gasteiger partial charge in [0.25, 0.3) is 0 Å². The average Bonchev–Trinajstić information content (AvgIpc) is 2.42. The predicted octanol–water partition coefficient (Wildman–Crippen LogP) is 5.08. The summed E-state index contributed by atoms with van der Waals surface area (Å²) < 4.78 is 0. The maximum atomic E-state index is 10.2. The average molecular weight is 298 g/mol. The normalized spacial score (nSPS) is 12.9. The van der Waals surface area contributed by atoms with Crippen LogP contribution in [0, 0.1) is 0 Å². The Morgan fingerprint density at radius 2 is 1.29 bits per heavy atom. The Morgan fingerprint density at radius 3 is 1.71 bits per heavy atom. The molecule has 0 amide bonds. The van der Waals surface area contributed by atoms with Crippen LogP contribution in [-0.4, -0.2) is 22.3 Å². The minimum Gasteiger partial charge on any atom is -0.478 e. The molecule has 0 fully saturated rings. The van der Waals surface area contributed by atoms with Crippen molar-refractivity contribution in [2.75, 3.05) is 0 Å². The van der Waals surface area contributed by atoms with E-state index in [2.05, 4.69) is 0 Å². The van der Waals surface area contributed by atoms with Gasteiger partial charge in [0.2, 0.25) is 0 Å². The molecule has 0 aliphatic carbocycles. The molecule has 0 aliphatic heterocycles. The molecule has 0 aliphatic rings. The molecule has 0 heterocycles. The lowest BCUT2D eigenvalue weighted by Crippen LogP contribution is -1.98. The van der Waals surface area contributed by atoms with Gasteiger partial charge in [-0.05, 0) is 26.2 Å². The second-order valence-electron chi connectivity index (χ2n) is 6.06. The van der Waals surface area contributed by atoms with Gasteiger partial charge in [0, 0.05) is 6.08 Å². The number of allylic oxidation sites excluding steroid dienone is 1. The molecule has 0 spiro atoms. The van der Waals surface area contributed by atoms with Crippen LogP contribution in [0.4, 0.5) is 0 Å². The highest BCUT2D eigenvalue weighted by atomic mass is 16.4. The number of carboxylic acids is 1. The summed E-state index contributed by atoms with van der Waals surface area (Å²) in [5.74, 6) is -0.846. The molecular formula is C18H34O3. The highest BCUT2D eigenvalue weighted by Gasteiger charge is 1.96. The van der Waals surface area contributed by atoms with E-state index in [-0.39, 0.29) is 6.10 Å². The Hall–Kier alpha value is -0.830. The molecule has 0 rings (SSSR count). The van der Waals surface area contributed by atoms with Crippen LogP contribution in [0.5, 0.6) is 0 Å². The summed E-state index contributed by atoms with van der Waals surface area (Å²) in [5.41, 5.74) is 0. The number of hydrogen-bond donors (Lipinski definition) is 2. The quantitative estimate of drug-likeness (QED) is 0.327. The van der Waals surface area contributed by atoms with Gasteiger partial charge in [-0.3, -0.25) is 0 Å². The summed E-state index contributed by atoms with van der Waals surface area (Å²) in [6.07, 6.45) is 18.7. The van der Waals surface area contributed by atoms with Gasteiger partial charge in [0.1, 0.15) is 0 Å². The van der Waals surface area contributed by atoms with E-state index < -0.39 is 5.97 Å². The van der Waals surface area contributed by atoms with Gasteiger partial charge in [0.05, 0.1) is 6.10 Å². The maximum Gasteiger partial charge on any atom is 0.327 e. The van der Waals surface area contributed by atoms with E-state index in [1.165, 1.54) is 63.9 Å². The summed E-state index contributed by atoms with van der Waals surface area (Å²) in [6, 6.07) is 0. The van der Waals surface area contributed by atoms with Gasteiger partial charge in [-0.15, -0.1) is 0 Å². The maximum absolute atomic E-state index is 10.2. The molecule has 0 saturated carbocycles. The minimum atomic E-state index is -0.846. The first-order valence-electron chi connectivity index (χ1n) is 8.70. The Bertz CT molecular complexity index is 259. The van der Waals surface area contributed by atoms with E-state index in [9.17, 15) is 4.79 Å². The largest absolute Gasteiger partial charge is 0.478 e. The van der Waals surface area contributed by atoms with Crippen LogP contribution in [-0.2, 0) is 4.79 Å². The van der Waals surface area contributed by atoms with Crippen molar-refractivity contribution in [1.82, 2.24) is 0 Å². The Balaban J connectivity index is 3.04. The van der Waals surface area contributed by atoms with Crippen molar-refractivity contribution >= 4 is 5.97 Å². The van der Waals surface area contributed by atoms with Crippen LogP contribution in [0.3, 0.4) is 0 Å². The fraction of sp³-hybridized carbons (Fsp3) is 0.833. The van der Waals surface area contributed by atoms with Gasteiger partial charge in [0.15, 0.2) is 0 Å². The second-order valence-corrected chi connectivity index (χ2v) is 6.06. The van der Waals surface area contributed by atoms with E-state index in [0.717, 1.165) is 25.7 Å². The van der Waals surface area contributed by atoms with Crippen LogP contribution >= 0.6 is 0 Å². The van der Waals surface area contributed by atoms with E-state index in [1.807, 2.05) is 6.92 Å². The number of hydrogen-bond acceptors (Lipinski definition) is 2. The molecule has 124 valence electrons. The van der Waals surface area contributed by atoms with Crippen molar-refractivity contribution in [2.24, 2.45) is 0 Å². The number of aliphatic hydroxyl groups is 1. The van der Waals surface area contributed by atoms with Crippen molar-refractivity contribution < 1.29 is 15.0 Å².